The van der Waals surface area contributed by atoms with Crippen LogP contribution in [0.1, 0.15) is 52.9 Å². The number of hydrogen-bond acceptors (Lipinski definition) is 4. The second kappa shape index (κ2) is 7.25. The Hall–Kier alpha value is -0.610. The van der Waals surface area contributed by atoms with Gasteiger partial charge in [-0.3, -0.25) is 10.1 Å². The van der Waals surface area contributed by atoms with Crippen LogP contribution in [0, 0.1) is 0 Å². The van der Waals surface area contributed by atoms with Crippen LogP contribution in [0.25, 0.3) is 0 Å². The van der Waals surface area contributed by atoms with Crippen molar-refractivity contribution in [1.82, 2.24) is 10.2 Å². The molecule has 0 saturated heterocycles. The average Bonchev–Trinajstić information content (AvgIpc) is 2.88. The number of ether oxygens (including phenoxy) is 1. The fraction of sp³-hybridized carbons (Fsp3) is 0.933. The van der Waals surface area contributed by atoms with Crippen LogP contribution >= 0.6 is 0 Å². The minimum atomic E-state index is -0.588. The number of nitrogens with one attached hydrogen (secondary N) is 1. The molecule has 0 radical (unpaired) electrons. The molecule has 1 fully saturated rings. The summed E-state index contributed by atoms with van der Waals surface area (Å²) in [5.41, 5.74) is -0.588. The van der Waals surface area contributed by atoms with Crippen molar-refractivity contribution in [3.63, 3.8) is 0 Å². The lowest BCUT2D eigenvalue weighted by Gasteiger charge is -2.33. The molecule has 0 heterocycles. The SMILES string of the molecule is COC(=O)C(C)(CCN(C)C1CCCC1)NC(C)C. The highest BCUT2D eigenvalue weighted by atomic mass is 16.5. The molecule has 0 aliphatic heterocycles. The second-order valence-corrected chi connectivity index (χ2v) is 6.29. The van der Waals surface area contributed by atoms with Crippen LogP contribution in [0.15, 0.2) is 0 Å². The third-order valence-corrected chi connectivity index (χ3v) is 4.16. The van der Waals surface area contributed by atoms with Crippen LogP contribution in [-0.2, 0) is 9.53 Å². The van der Waals surface area contributed by atoms with E-state index >= 15 is 0 Å². The van der Waals surface area contributed by atoms with Crippen molar-refractivity contribution in [3.8, 4) is 0 Å². The standard InChI is InChI=1S/C15H30N2O2/c1-12(2)16-15(3,14(18)19-5)10-11-17(4)13-8-6-7-9-13/h12-13,16H,6-11H2,1-5H3. The molecule has 19 heavy (non-hydrogen) atoms. The summed E-state index contributed by atoms with van der Waals surface area (Å²) in [4.78, 5) is 14.4. The van der Waals surface area contributed by atoms with E-state index in [2.05, 4.69) is 31.1 Å². The van der Waals surface area contributed by atoms with Crippen molar-refractivity contribution in [2.24, 2.45) is 0 Å². The zero-order valence-electron chi connectivity index (χ0n) is 13.2. The Morgan fingerprint density at radius 1 is 1.42 bits per heavy atom. The first kappa shape index (κ1) is 16.4. The lowest BCUT2D eigenvalue weighted by Crippen LogP contribution is -2.54. The van der Waals surface area contributed by atoms with Gasteiger partial charge in [-0.15, -0.1) is 0 Å². The first-order valence-electron chi connectivity index (χ1n) is 7.45. The van der Waals surface area contributed by atoms with Gasteiger partial charge in [-0.2, -0.15) is 0 Å². The average molecular weight is 270 g/mol. The van der Waals surface area contributed by atoms with Crippen LogP contribution in [0.3, 0.4) is 0 Å². The fourth-order valence-electron chi connectivity index (χ4n) is 3.02. The summed E-state index contributed by atoms with van der Waals surface area (Å²) in [5, 5.41) is 3.35. The molecule has 0 aromatic heterocycles. The van der Waals surface area contributed by atoms with Gasteiger partial charge in [-0.05, 0) is 47.1 Å². The monoisotopic (exact) mass is 270 g/mol. The molecule has 0 aromatic carbocycles. The molecule has 0 aromatic rings. The number of carbonyl (C=O) groups excluding carboxylic acids is 1. The highest BCUT2D eigenvalue weighted by Crippen LogP contribution is 2.23. The number of nitrogens with zero attached hydrogens (tertiary/aromatic N) is 1. The van der Waals surface area contributed by atoms with E-state index < -0.39 is 5.54 Å². The highest BCUT2D eigenvalue weighted by Gasteiger charge is 2.35. The number of carbonyl (C=O) groups is 1. The van der Waals surface area contributed by atoms with Gasteiger partial charge in [0.1, 0.15) is 5.54 Å². The molecule has 1 unspecified atom stereocenters. The number of esters is 1. The Balaban J connectivity index is 2.54. The molecule has 1 aliphatic rings. The van der Waals surface area contributed by atoms with Crippen molar-refractivity contribution in [3.05, 3.63) is 0 Å². The Kier molecular flexibility index (Phi) is 6.27. The Morgan fingerprint density at radius 2 is 2.00 bits per heavy atom. The van der Waals surface area contributed by atoms with Crippen molar-refractivity contribution < 1.29 is 9.53 Å². The van der Waals surface area contributed by atoms with Crippen molar-refractivity contribution in [1.29, 1.82) is 0 Å². The van der Waals surface area contributed by atoms with Gasteiger partial charge in [0.25, 0.3) is 0 Å². The van der Waals surface area contributed by atoms with Crippen LogP contribution in [0.2, 0.25) is 0 Å². The highest BCUT2D eigenvalue weighted by molar-refractivity contribution is 5.80. The molecular formula is C15H30N2O2. The number of methoxy groups -OCH3 is 1. The molecule has 4 nitrogen and oxygen atoms in total. The fourth-order valence-corrected chi connectivity index (χ4v) is 3.02. The van der Waals surface area contributed by atoms with Gasteiger partial charge in [0.15, 0.2) is 0 Å². The maximum Gasteiger partial charge on any atom is 0.325 e. The Morgan fingerprint density at radius 3 is 2.47 bits per heavy atom. The van der Waals surface area contributed by atoms with Crippen molar-refractivity contribution in [2.75, 3.05) is 20.7 Å². The summed E-state index contributed by atoms with van der Waals surface area (Å²) in [6.07, 6.45) is 6.05. The van der Waals surface area contributed by atoms with E-state index in [4.69, 9.17) is 4.74 Å². The summed E-state index contributed by atoms with van der Waals surface area (Å²) in [5.74, 6) is -0.166. The normalized spacial score (nSPS) is 19.9. The van der Waals surface area contributed by atoms with E-state index in [-0.39, 0.29) is 12.0 Å². The Bertz CT molecular complexity index is 288. The predicted octanol–water partition coefficient (Wildman–Crippen LogP) is 2.18. The van der Waals surface area contributed by atoms with Crippen LogP contribution < -0.4 is 5.32 Å². The van der Waals surface area contributed by atoms with Gasteiger partial charge in [0.05, 0.1) is 7.11 Å². The zero-order chi connectivity index (χ0) is 14.5. The molecular weight excluding hydrogens is 240 g/mol. The Labute approximate surface area is 117 Å². The minimum Gasteiger partial charge on any atom is -0.468 e. The zero-order valence-corrected chi connectivity index (χ0v) is 13.2. The van der Waals surface area contributed by atoms with E-state index in [1.807, 2.05) is 6.92 Å². The van der Waals surface area contributed by atoms with E-state index in [1.54, 1.807) is 0 Å². The minimum absolute atomic E-state index is 0.166. The molecule has 4 heteroatoms. The van der Waals surface area contributed by atoms with Crippen molar-refractivity contribution >= 4 is 5.97 Å². The molecule has 1 rings (SSSR count). The number of hydrogen-bond donors (Lipinski definition) is 1. The number of rotatable bonds is 7. The van der Waals surface area contributed by atoms with Crippen LogP contribution in [0.5, 0.6) is 0 Å². The smallest absolute Gasteiger partial charge is 0.325 e. The summed E-state index contributed by atoms with van der Waals surface area (Å²) >= 11 is 0. The van der Waals surface area contributed by atoms with Crippen molar-refractivity contribution in [2.45, 2.75) is 70.5 Å². The molecule has 112 valence electrons. The van der Waals surface area contributed by atoms with Crippen LogP contribution in [-0.4, -0.2) is 49.2 Å². The molecule has 1 saturated carbocycles. The third kappa shape index (κ3) is 4.77. The van der Waals surface area contributed by atoms with Gasteiger partial charge in [-0.25, -0.2) is 0 Å². The largest absolute Gasteiger partial charge is 0.468 e. The van der Waals surface area contributed by atoms with E-state index in [9.17, 15) is 4.79 Å². The lowest BCUT2D eigenvalue weighted by molar-refractivity contribution is -0.148. The maximum atomic E-state index is 12.0. The molecule has 1 aliphatic carbocycles. The topological polar surface area (TPSA) is 41.6 Å². The summed E-state index contributed by atoms with van der Waals surface area (Å²) in [7, 11) is 3.63. The summed E-state index contributed by atoms with van der Waals surface area (Å²) in [6, 6.07) is 0.960. The van der Waals surface area contributed by atoms with E-state index in [0.29, 0.717) is 6.04 Å². The van der Waals surface area contributed by atoms with Gasteiger partial charge >= 0.3 is 5.97 Å². The molecule has 0 amide bonds. The van der Waals surface area contributed by atoms with Gasteiger partial charge in [0, 0.05) is 18.6 Å². The van der Waals surface area contributed by atoms with Crippen LogP contribution in [0.4, 0.5) is 0 Å². The van der Waals surface area contributed by atoms with E-state index in [0.717, 1.165) is 13.0 Å². The summed E-state index contributed by atoms with van der Waals surface area (Å²) < 4.78 is 4.95. The van der Waals surface area contributed by atoms with Gasteiger partial charge in [-0.1, -0.05) is 12.8 Å². The molecule has 0 bridgehead atoms. The molecule has 1 atom stereocenters. The lowest BCUT2D eigenvalue weighted by atomic mass is 9.96. The third-order valence-electron chi connectivity index (χ3n) is 4.16. The quantitative estimate of drug-likeness (QED) is 0.720. The summed E-state index contributed by atoms with van der Waals surface area (Å²) in [6.45, 7) is 6.99. The molecule has 0 spiro atoms. The first-order valence-corrected chi connectivity index (χ1v) is 7.45. The van der Waals surface area contributed by atoms with Gasteiger partial charge in [0.2, 0.25) is 0 Å². The maximum absolute atomic E-state index is 12.0. The second-order valence-electron chi connectivity index (χ2n) is 6.29. The first-order chi connectivity index (χ1) is 8.89. The predicted molar refractivity (Wildman–Crippen MR) is 78.2 cm³/mol. The van der Waals surface area contributed by atoms with E-state index in [1.165, 1.54) is 32.8 Å². The van der Waals surface area contributed by atoms with Gasteiger partial charge < -0.3 is 9.64 Å². The molecule has 1 N–H and O–H groups in total.